The van der Waals surface area contributed by atoms with Crippen LogP contribution in [-0.4, -0.2) is 49.5 Å². The second-order valence-electron chi connectivity index (χ2n) is 9.17. The lowest BCUT2D eigenvalue weighted by Gasteiger charge is -2.33. The molecule has 0 saturated carbocycles. The van der Waals surface area contributed by atoms with E-state index >= 15 is 0 Å². The summed E-state index contributed by atoms with van der Waals surface area (Å²) in [5.41, 5.74) is 1.70. The van der Waals surface area contributed by atoms with Gasteiger partial charge in [0, 0.05) is 17.1 Å². The molecule has 2 aromatic rings. The van der Waals surface area contributed by atoms with Crippen molar-refractivity contribution in [2.24, 2.45) is 0 Å². The van der Waals surface area contributed by atoms with Crippen LogP contribution in [0.3, 0.4) is 0 Å². The van der Waals surface area contributed by atoms with Crippen LogP contribution in [0.25, 0.3) is 0 Å². The molecule has 0 saturated heterocycles. The van der Waals surface area contributed by atoms with Crippen LogP contribution >= 0.6 is 11.6 Å². The molecule has 7 nitrogen and oxygen atoms in total. The highest BCUT2D eigenvalue weighted by Crippen LogP contribution is 2.22. The molecule has 2 rings (SSSR count). The van der Waals surface area contributed by atoms with E-state index in [1.807, 2.05) is 52.0 Å². The smallest absolute Gasteiger partial charge is 0.244 e. The molecule has 0 aliphatic carbocycles. The normalized spacial score (nSPS) is 12.7. The zero-order valence-electron chi connectivity index (χ0n) is 19.9. The van der Waals surface area contributed by atoms with Gasteiger partial charge in [-0.05, 0) is 58.4 Å². The summed E-state index contributed by atoms with van der Waals surface area (Å²) in [5.74, 6) is -0.825. The molecule has 2 aromatic carbocycles. The number of carbonyl (C=O) groups excluding carboxylic acids is 2. The molecule has 0 spiro atoms. The van der Waals surface area contributed by atoms with Crippen molar-refractivity contribution < 1.29 is 18.0 Å². The van der Waals surface area contributed by atoms with Crippen LogP contribution in [-0.2, 0) is 26.2 Å². The molecule has 0 radical (unpaired) electrons. The predicted octanol–water partition coefficient (Wildman–Crippen LogP) is 3.75. The summed E-state index contributed by atoms with van der Waals surface area (Å²) in [4.78, 5) is 27.7. The summed E-state index contributed by atoms with van der Waals surface area (Å²) in [6.45, 7) is 8.86. The van der Waals surface area contributed by atoms with Crippen LogP contribution in [0.2, 0.25) is 5.02 Å². The number of aryl methyl sites for hydroxylation is 1. The maximum absolute atomic E-state index is 13.4. The van der Waals surface area contributed by atoms with Crippen molar-refractivity contribution in [2.45, 2.75) is 52.7 Å². The minimum absolute atomic E-state index is 0.158. The summed E-state index contributed by atoms with van der Waals surface area (Å²) in [6, 6.07) is 13.1. The van der Waals surface area contributed by atoms with Gasteiger partial charge in [-0.25, -0.2) is 8.42 Å². The summed E-state index contributed by atoms with van der Waals surface area (Å²) in [6.07, 6.45) is 1.03. The van der Waals surface area contributed by atoms with Gasteiger partial charge in [0.05, 0.1) is 11.9 Å². The number of nitrogens with zero attached hydrogens (tertiary/aromatic N) is 2. The van der Waals surface area contributed by atoms with Crippen molar-refractivity contribution >= 4 is 39.1 Å². The fraction of sp³-hybridized carbons (Fsp3) is 0.417. The Hall–Kier alpha value is -2.58. The summed E-state index contributed by atoms with van der Waals surface area (Å²) in [7, 11) is -3.79. The van der Waals surface area contributed by atoms with Crippen molar-refractivity contribution in [3.05, 3.63) is 64.7 Å². The zero-order valence-corrected chi connectivity index (χ0v) is 21.5. The number of hydrogen-bond acceptors (Lipinski definition) is 4. The van der Waals surface area contributed by atoms with Gasteiger partial charge in [0.25, 0.3) is 0 Å². The molecule has 1 unspecified atom stereocenters. The molecule has 33 heavy (non-hydrogen) atoms. The van der Waals surface area contributed by atoms with Crippen LogP contribution < -0.4 is 9.62 Å². The highest BCUT2D eigenvalue weighted by molar-refractivity contribution is 7.92. The molecule has 180 valence electrons. The third-order valence-electron chi connectivity index (χ3n) is 4.91. The highest BCUT2D eigenvalue weighted by atomic mass is 35.5. The number of halogens is 1. The largest absolute Gasteiger partial charge is 0.350 e. The Bertz CT molecular complexity index is 1100. The molecule has 1 atom stereocenters. The molecular formula is C24H32ClN3O4S. The van der Waals surface area contributed by atoms with E-state index in [1.54, 1.807) is 25.1 Å². The lowest BCUT2D eigenvalue weighted by Crippen LogP contribution is -2.54. The summed E-state index contributed by atoms with van der Waals surface area (Å²) >= 11 is 6.04. The molecule has 0 aromatic heterocycles. The lowest BCUT2D eigenvalue weighted by molar-refractivity contribution is -0.140. The molecule has 0 fully saturated rings. The van der Waals surface area contributed by atoms with Crippen LogP contribution in [0.1, 0.15) is 38.8 Å². The average molecular weight is 494 g/mol. The van der Waals surface area contributed by atoms with Crippen molar-refractivity contribution in [3.8, 4) is 0 Å². The number of rotatable bonds is 8. The molecule has 0 aliphatic heterocycles. The van der Waals surface area contributed by atoms with E-state index in [-0.39, 0.29) is 18.1 Å². The number of anilines is 1. The fourth-order valence-corrected chi connectivity index (χ4v) is 4.22. The number of benzene rings is 2. The maximum atomic E-state index is 13.4. The Kier molecular flexibility index (Phi) is 8.54. The number of sulfonamides is 1. The van der Waals surface area contributed by atoms with E-state index in [1.165, 1.54) is 11.0 Å². The Balaban J connectivity index is 2.39. The minimum atomic E-state index is -3.79. The predicted molar refractivity (Wildman–Crippen MR) is 133 cm³/mol. The van der Waals surface area contributed by atoms with Gasteiger partial charge in [0.15, 0.2) is 0 Å². The topological polar surface area (TPSA) is 86.8 Å². The van der Waals surface area contributed by atoms with Gasteiger partial charge in [0.2, 0.25) is 21.8 Å². The zero-order chi connectivity index (χ0) is 25.0. The Morgan fingerprint density at radius 2 is 1.70 bits per heavy atom. The van der Waals surface area contributed by atoms with Crippen LogP contribution in [0.4, 0.5) is 5.69 Å². The summed E-state index contributed by atoms with van der Waals surface area (Å²) < 4.78 is 26.0. The maximum Gasteiger partial charge on any atom is 0.244 e. The first-order chi connectivity index (χ1) is 15.2. The first-order valence-corrected chi connectivity index (χ1v) is 12.8. The molecule has 9 heteroatoms. The van der Waals surface area contributed by atoms with Crippen molar-refractivity contribution in [1.29, 1.82) is 0 Å². The van der Waals surface area contributed by atoms with Gasteiger partial charge in [-0.1, -0.05) is 47.5 Å². The molecule has 2 amide bonds. The number of amides is 2. The SMILES string of the molecule is Cc1ccc(CN(C(=O)CN(c2cccc(Cl)c2)S(C)(=O)=O)C(C)C(=O)NC(C)(C)C)cc1. The third kappa shape index (κ3) is 8.05. The molecule has 0 aliphatic rings. The Morgan fingerprint density at radius 1 is 1.09 bits per heavy atom. The van der Waals surface area contributed by atoms with Crippen LogP contribution in [0.5, 0.6) is 0 Å². The first-order valence-electron chi connectivity index (χ1n) is 10.6. The molecule has 0 heterocycles. The van der Waals surface area contributed by atoms with Gasteiger partial charge in [-0.3, -0.25) is 13.9 Å². The standard InChI is InChI=1S/C24H32ClN3O4S/c1-17-10-12-19(13-11-17)15-27(18(2)23(30)26-24(3,4)5)22(29)16-28(33(6,31)32)21-9-7-8-20(25)14-21/h7-14,18H,15-16H2,1-6H3,(H,26,30). The van der Waals surface area contributed by atoms with Gasteiger partial charge in [-0.15, -0.1) is 0 Å². The minimum Gasteiger partial charge on any atom is -0.350 e. The Morgan fingerprint density at radius 3 is 2.21 bits per heavy atom. The molecular weight excluding hydrogens is 462 g/mol. The van der Waals surface area contributed by atoms with E-state index in [2.05, 4.69) is 5.32 Å². The monoisotopic (exact) mass is 493 g/mol. The first kappa shape index (κ1) is 26.7. The average Bonchev–Trinajstić information content (AvgIpc) is 2.68. The van der Waals surface area contributed by atoms with E-state index in [4.69, 9.17) is 11.6 Å². The number of nitrogens with one attached hydrogen (secondary N) is 1. The fourth-order valence-electron chi connectivity index (χ4n) is 3.19. The van der Waals surface area contributed by atoms with Crippen molar-refractivity contribution in [2.75, 3.05) is 17.1 Å². The third-order valence-corrected chi connectivity index (χ3v) is 6.29. The van der Waals surface area contributed by atoms with Crippen molar-refractivity contribution in [1.82, 2.24) is 10.2 Å². The molecule has 0 bridgehead atoms. The van der Waals surface area contributed by atoms with E-state index in [0.717, 1.165) is 21.7 Å². The van der Waals surface area contributed by atoms with Crippen LogP contribution in [0.15, 0.2) is 48.5 Å². The van der Waals surface area contributed by atoms with Crippen LogP contribution in [0, 0.1) is 6.92 Å². The van der Waals surface area contributed by atoms with E-state index in [0.29, 0.717) is 5.02 Å². The van der Waals surface area contributed by atoms with Gasteiger partial charge >= 0.3 is 0 Å². The van der Waals surface area contributed by atoms with Gasteiger partial charge in [-0.2, -0.15) is 0 Å². The lowest BCUT2D eigenvalue weighted by atomic mass is 10.1. The molecule has 1 N–H and O–H groups in total. The van der Waals surface area contributed by atoms with E-state index in [9.17, 15) is 18.0 Å². The number of carbonyl (C=O) groups is 2. The van der Waals surface area contributed by atoms with Gasteiger partial charge < -0.3 is 10.2 Å². The summed E-state index contributed by atoms with van der Waals surface area (Å²) in [5, 5.41) is 3.24. The Labute approximate surface area is 201 Å². The highest BCUT2D eigenvalue weighted by Gasteiger charge is 2.31. The van der Waals surface area contributed by atoms with Crippen molar-refractivity contribution in [3.63, 3.8) is 0 Å². The quantitative estimate of drug-likeness (QED) is 0.606. The second-order valence-corrected chi connectivity index (χ2v) is 11.5. The number of hydrogen-bond donors (Lipinski definition) is 1. The second kappa shape index (κ2) is 10.6. The van der Waals surface area contributed by atoms with Gasteiger partial charge in [0.1, 0.15) is 12.6 Å². The van der Waals surface area contributed by atoms with E-state index < -0.39 is 34.1 Å².